The molecule has 0 aromatic heterocycles. The van der Waals surface area contributed by atoms with Gasteiger partial charge in [0.1, 0.15) is 12.4 Å². The van der Waals surface area contributed by atoms with Crippen LogP contribution >= 0.6 is 0 Å². The molecule has 38 heavy (non-hydrogen) atoms. The van der Waals surface area contributed by atoms with Gasteiger partial charge < -0.3 is 24.4 Å². The number of hydrogen-bond acceptors (Lipinski definition) is 6. The van der Waals surface area contributed by atoms with Crippen molar-refractivity contribution in [2.24, 2.45) is 11.8 Å². The molecule has 2 fully saturated rings. The number of fused-ring (bicyclic) bond motifs is 1. The van der Waals surface area contributed by atoms with Crippen LogP contribution in [0.3, 0.4) is 0 Å². The minimum absolute atomic E-state index is 0.230. The van der Waals surface area contributed by atoms with Crippen LogP contribution in [0, 0.1) is 11.8 Å². The Labute approximate surface area is 220 Å². The third-order valence-corrected chi connectivity index (χ3v) is 6.95. The molecule has 1 amide bonds. The Bertz CT molecular complexity index is 1080. The van der Waals surface area contributed by atoms with Crippen molar-refractivity contribution in [3.05, 3.63) is 65.2 Å². The molecule has 206 valence electrons. The Balaban J connectivity index is 1.15. The van der Waals surface area contributed by atoms with E-state index in [0.29, 0.717) is 63.8 Å². The van der Waals surface area contributed by atoms with Crippen LogP contribution in [-0.4, -0.2) is 68.4 Å². The molecule has 7 nitrogen and oxygen atoms in total. The van der Waals surface area contributed by atoms with Gasteiger partial charge in [0.25, 0.3) is 5.91 Å². The average Bonchev–Trinajstić information content (AvgIpc) is 3.34. The third-order valence-electron chi connectivity index (χ3n) is 6.95. The van der Waals surface area contributed by atoms with Crippen LogP contribution in [0.15, 0.2) is 48.5 Å². The summed E-state index contributed by atoms with van der Waals surface area (Å²) in [5.41, 5.74) is 0.464. The zero-order valence-corrected chi connectivity index (χ0v) is 21.5. The van der Waals surface area contributed by atoms with Crippen LogP contribution < -0.4 is 10.1 Å². The number of ether oxygens (including phenoxy) is 3. The first-order valence-electron chi connectivity index (χ1n) is 12.9. The van der Waals surface area contributed by atoms with Crippen molar-refractivity contribution in [3.8, 4) is 5.75 Å². The van der Waals surface area contributed by atoms with Crippen molar-refractivity contribution in [2.45, 2.75) is 38.6 Å². The molecule has 10 heteroatoms. The number of likely N-dealkylation sites (tertiary alicyclic amines) is 1. The van der Waals surface area contributed by atoms with E-state index in [0.717, 1.165) is 23.4 Å². The van der Waals surface area contributed by atoms with Gasteiger partial charge >= 0.3 is 12.1 Å². The molecule has 4 atom stereocenters. The molecular formula is C28H33F3N2O5. The van der Waals surface area contributed by atoms with Crippen LogP contribution in [0.1, 0.15) is 35.3 Å². The molecular weight excluding hydrogens is 501 g/mol. The summed E-state index contributed by atoms with van der Waals surface area (Å²) in [6, 6.07) is 12.2. The fourth-order valence-corrected chi connectivity index (χ4v) is 4.96. The molecule has 1 N–H and O–H groups in total. The van der Waals surface area contributed by atoms with Gasteiger partial charge in [-0.15, -0.1) is 0 Å². The number of benzene rings is 2. The Hall–Kier alpha value is -3.11. The third kappa shape index (κ3) is 6.85. The van der Waals surface area contributed by atoms with Crippen molar-refractivity contribution in [2.75, 3.05) is 39.5 Å². The van der Waals surface area contributed by atoms with Gasteiger partial charge in [0.2, 0.25) is 0 Å². The molecule has 1 aliphatic heterocycles. The van der Waals surface area contributed by atoms with E-state index in [1.54, 1.807) is 11.8 Å². The Morgan fingerprint density at radius 2 is 1.66 bits per heavy atom. The summed E-state index contributed by atoms with van der Waals surface area (Å²) in [6.07, 6.45) is -4.62. The summed E-state index contributed by atoms with van der Waals surface area (Å²) < 4.78 is 54.6. The summed E-state index contributed by atoms with van der Waals surface area (Å²) >= 11 is 0. The van der Waals surface area contributed by atoms with Gasteiger partial charge in [0, 0.05) is 44.3 Å². The number of rotatable bonds is 12. The smallest absolute Gasteiger partial charge is 0.416 e. The van der Waals surface area contributed by atoms with Crippen molar-refractivity contribution in [1.82, 2.24) is 10.2 Å². The maximum atomic E-state index is 12.7. The van der Waals surface area contributed by atoms with Crippen molar-refractivity contribution >= 4 is 11.9 Å². The number of piperidine rings is 1. The maximum Gasteiger partial charge on any atom is 0.416 e. The van der Waals surface area contributed by atoms with Crippen LogP contribution in [0.5, 0.6) is 5.75 Å². The highest BCUT2D eigenvalue weighted by Crippen LogP contribution is 2.45. The molecule has 2 unspecified atom stereocenters. The highest BCUT2D eigenvalue weighted by molar-refractivity contribution is 5.94. The summed E-state index contributed by atoms with van der Waals surface area (Å²) in [5, 5.41) is 3.47. The number of nitrogens with one attached hydrogen (secondary N) is 1. The molecule has 1 heterocycles. The molecule has 1 saturated carbocycles. The van der Waals surface area contributed by atoms with Gasteiger partial charge in [-0.25, -0.2) is 4.79 Å². The molecule has 0 radical (unpaired) electrons. The predicted molar refractivity (Wildman–Crippen MR) is 134 cm³/mol. The Kier molecular flexibility index (Phi) is 8.94. The topological polar surface area (TPSA) is 77.1 Å². The van der Waals surface area contributed by atoms with Gasteiger partial charge in [0.15, 0.2) is 6.10 Å². The lowest BCUT2D eigenvalue weighted by molar-refractivity contribution is -0.156. The fraction of sp³-hybridized carbons (Fsp3) is 0.500. The lowest BCUT2D eigenvalue weighted by atomic mass is 10.1. The molecule has 0 spiro atoms. The van der Waals surface area contributed by atoms with Crippen LogP contribution in [0.2, 0.25) is 0 Å². The van der Waals surface area contributed by atoms with Crippen LogP contribution in [0.4, 0.5) is 13.2 Å². The van der Waals surface area contributed by atoms with E-state index >= 15 is 0 Å². The van der Waals surface area contributed by atoms with Gasteiger partial charge in [-0.05, 0) is 67.6 Å². The van der Waals surface area contributed by atoms with E-state index in [2.05, 4.69) is 5.32 Å². The number of halogens is 3. The first kappa shape index (κ1) is 27.9. The van der Waals surface area contributed by atoms with Gasteiger partial charge in [-0.1, -0.05) is 12.1 Å². The van der Waals surface area contributed by atoms with Gasteiger partial charge in [-0.3, -0.25) is 4.79 Å². The number of carbonyl (C=O) groups is 2. The van der Waals surface area contributed by atoms with Crippen LogP contribution in [0.25, 0.3) is 0 Å². The largest absolute Gasteiger partial charge is 0.492 e. The van der Waals surface area contributed by atoms with Crippen molar-refractivity contribution in [3.63, 3.8) is 0 Å². The average molecular weight is 535 g/mol. The number of amides is 1. The first-order valence-corrected chi connectivity index (χ1v) is 12.9. The number of carbonyl (C=O) groups excluding carboxylic acids is 2. The quantitative estimate of drug-likeness (QED) is 0.328. The minimum Gasteiger partial charge on any atom is -0.492 e. The van der Waals surface area contributed by atoms with Crippen LogP contribution in [-0.2, 0) is 26.9 Å². The highest BCUT2D eigenvalue weighted by Gasteiger charge is 2.56. The maximum absolute atomic E-state index is 12.7. The zero-order valence-electron chi connectivity index (χ0n) is 21.5. The van der Waals surface area contributed by atoms with E-state index in [9.17, 15) is 22.8 Å². The summed E-state index contributed by atoms with van der Waals surface area (Å²) in [6.45, 7) is 6.66. The summed E-state index contributed by atoms with van der Waals surface area (Å²) in [4.78, 5) is 26.4. The van der Waals surface area contributed by atoms with E-state index < -0.39 is 17.8 Å². The SMILES string of the molecule is CCOC(=O)[C@H](Cc1ccc(OCCNC2C3CN(C(=O)c4ccc(C(F)(F)F)cc4)C[C@@H]32)cc1)OCC. The molecule has 4 rings (SSSR count). The normalized spacial score (nSPS) is 21.1. The first-order chi connectivity index (χ1) is 18.2. The number of nitrogens with zero attached hydrogens (tertiary/aromatic N) is 1. The Morgan fingerprint density at radius 3 is 2.24 bits per heavy atom. The second-order valence-electron chi connectivity index (χ2n) is 9.49. The van der Waals surface area contributed by atoms with Gasteiger partial charge in [-0.2, -0.15) is 13.2 Å². The molecule has 2 aliphatic rings. The standard InChI is InChI=1S/C28H33F3N2O5/c1-3-36-24(27(35)37-4-2)15-18-5-11-21(12-6-18)38-14-13-32-25-22-16-33(17-23(22)25)26(34)19-7-9-20(10-8-19)28(29,30)31/h5-12,22-25,32H,3-4,13-17H2,1-2H3/t22-,23?,24-,25?/m0/s1. The van der Waals surface area contributed by atoms with E-state index in [-0.39, 0.29) is 17.4 Å². The Morgan fingerprint density at radius 1 is 1.00 bits per heavy atom. The molecule has 2 aromatic carbocycles. The van der Waals surface area contributed by atoms with Crippen molar-refractivity contribution < 1.29 is 37.0 Å². The monoisotopic (exact) mass is 534 g/mol. The lowest BCUT2D eigenvalue weighted by Crippen LogP contribution is -2.36. The van der Waals surface area contributed by atoms with E-state index in [1.807, 2.05) is 31.2 Å². The summed E-state index contributed by atoms with van der Waals surface area (Å²) in [7, 11) is 0. The zero-order chi connectivity index (χ0) is 27.3. The molecule has 2 aromatic rings. The second kappa shape index (κ2) is 12.2. The van der Waals surface area contributed by atoms with Gasteiger partial charge in [0.05, 0.1) is 12.2 Å². The lowest BCUT2D eigenvalue weighted by Gasteiger charge is -2.20. The van der Waals surface area contributed by atoms with E-state index in [1.165, 1.54) is 12.1 Å². The minimum atomic E-state index is -4.42. The van der Waals surface area contributed by atoms with E-state index in [4.69, 9.17) is 14.2 Å². The molecule has 0 bridgehead atoms. The molecule has 1 aliphatic carbocycles. The van der Waals surface area contributed by atoms with Crippen molar-refractivity contribution in [1.29, 1.82) is 0 Å². The predicted octanol–water partition coefficient (Wildman–Crippen LogP) is 3.96. The number of hydrogen-bond donors (Lipinski definition) is 1. The number of alkyl halides is 3. The highest BCUT2D eigenvalue weighted by atomic mass is 19.4. The molecule has 1 saturated heterocycles. The second-order valence-corrected chi connectivity index (χ2v) is 9.49. The summed E-state index contributed by atoms with van der Waals surface area (Å²) in [5.74, 6) is 0.837. The fourth-order valence-electron chi connectivity index (χ4n) is 4.96. The number of esters is 1.